The van der Waals surface area contributed by atoms with Crippen LogP contribution in [0.25, 0.3) is 0 Å². The number of hydrogen-bond acceptors (Lipinski definition) is 2. The van der Waals surface area contributed by atoms with Crippen LogP contribution in [0.2, 0.25) is 0 Å². The fraction of sp³-hybridized carbons (Fsp3) is 0. The average molecular weight is 304 g/mol. The third-order valence-corrected chi connectivity index (χ3v) is 7.65. The van der Waals surface area contributed by atoms with Crippen molar-refractivity contribution in [3.05, 3.63) is 91.0 Å². The van der Waals surface area contributed by atoms with E-state index in [-0.39, 0.29) is 0 Å². The molecular formula is C19H16O2Si. The summed E-state index contributed by atoms with van der Waals surface area (Å²) in [5.74, 6) is 0. The maximum absolute atomic E-state index is 11.4. The Morgan fingerprint density at radius 1 is 0.591 bits per heavy atom. The second-order valence-corrected chi connectivity index (χ2v) is 8.32. The first-order valence-electron chi connectivity index (χ1n) is 7.16. The minimum atomic E-state index is -2.79. The van der Waals surface area contributed by atoms with Gasteiger partial charge in [0.15, 0.2) is 0 Å². The summed E-state index contributed by atoms with van der Waals surface area (Å²) in [7, 11) is -2.79. The van der Waals surface area contributed by atoms with Crippen molar-refractivity contribution >= 4 is 30.3 Å². The van der Waals surface area contributed by atoms with E-state index in [2.05, 4.69) is 0 Å². The van der Waals surface area contributed by atoms with Crippen molar-refractivity contribution in [2.24, 2.45) is 0 Å². The predicted octanol–water partition coefficient (Wildman–Crippen LogP) is 1.83. The van der Waals surface area contributed by atoms with Gasteiger partial charge in [-0.2, -0.15) is 0 Å². The number of hydrogen-bond donors (Lipinski definition) is 0. The van der Waals surface area contributed by atoms with Crippen LogP contribution < -0.4 is 15.6 Å². The van der Waals surface area contributed by atoms with Crippen LogP contribution in [0.15, 0.2) is 91.0 Å². The van der Waals surface area contributed by atoms with Gasteiger partial charge in [-0.15, -0.1) is 0 Å². The Bertz CT molecular complexity index is 630. The predicted molar refractivity (Wildman–Crippen MR) is 91.1 cm³/mol. The summed E-state index contributed by atoms with van der Waals surface area (Å²) in [5.41, 5.74) is 0. The lowest BCUT2D eigenvalue weighted by Gasteiger charge is -2.30. The Morgan fingerprint density at radius 3 is 1.18 bits per heavy atom. The van der Waals surface area contributed by atoms with E-state index in [1.807, 2.05) is 91.0 Å². The highest BCUT2D eigenvalue weighted by atomic mass is 28.4. The van der Waals surface area contributed by atoms with Crippen molar-refractivity contribution in [3.63, 3.8) is 0 Å². The van der Waals surface area contributed by atoms with Gasteiger partial charge in [-0.3, -0.25) is 4.79 Å². The fourth-order valence-electron chi connectivity index (χ4n) is 2.79. The molecule has 3 heteroatoms. The third-order valence-electron chi connectivity index (χ3n) is 3.77. The van der Waals surface area contributed by atoms with Gasteiger partial charge in [0, 0.05) is 0 Å². The molecule has 0 aliphatic rings. The van der Waals surface area contributed by atoms with E-state index < -0.39 is 8.32 Å². The zero-order valence-electron chi connectivity index (χ0n) is 12.1. The average Bonchev–Trinajstić information content (AvgIpc) is 2.62. The van der Waals surface area contributed by atoms with Gasteiger partial charge in [0.2, 0.25) is 0 Å². The molecule has 108 valence electrons. The number of benzene rings is 3. The summed E-state index contributed by atoms with van der Waals surface area (Å²) in [6.45, 7) is 0.583. The molecule has 2 nitrogen and oxygen atoms in total. The van der Waals surface area contributed by atoms with Crippen molar-refractivity contribution in [1.82, 2.24) is 0 Å². The normalized spacial score (nSPS) is 10.9. The quantitative estimate of drug-likeness (QED) is 0.408. The van der Waals surface area contributed by atoms with Gasteiger partial charge in [-0.1, -0.05) is 91.0 Å². The zero-order chi connectivity index (χ0) is 15.3. The molecule has 0 bridgehead atoms. The van der Waals surface area contributed by atoms with Crippen LogP contribution in [-0.2, 0) is 9.22 Å². The molecule has 0 heterocycles. The topological polar surface area (TPSA) is 26.3 Å². The van der Waals surface area contributed by atoms with E-state index in [1.54, 1.807) is 0 Å². The fourth-order valence-corrected chi connectivity index (χ4v) is 6.33. The van der Waals surface area contributed by atoms with E-state index in [9.17, 15) is 4.79 Å². The molecule has 0 spiro atoms. The van der Waals surface area contributed by atoms with Crippen molar-refractivity contribution in [1.29, 1.82) is 0 Å². The molecule has 0 unspecified atom stereocenters. The lowest BCUT2D eigenvalue weighted by molar-refractivity contribution is -0.121. The van der Waals surface area contributed by atoms with Crippen LogP contribution >= 0.6 is 0 Å². The number of carbonyl (C=O) groups is 1. The number of carbonyl (C=O) groups excluding carboxylic acids is 1. The standard InChI is InChI=1S/C19H16O2Si/c20-16-21-22(17-10-4-1-5-11-17,18-12-6-2-7-13-18)19-14-8-3-9-15-19/h1-16H. The van der Waals surface area contributed by atoms with E-state index in [0.29, 0.717) is 6.47 Å². The first-order chi connectivity index (χ1) is 10.9. The highest BCUT2D eigenvalue weighted by Crippen LogP contribution is 2.08. The second kappa shape index (κ2) is 6.41. The molecule has 0 aliphatic carbocycles. The molecule has 0 fully saturated rings. The minimum absolute atomic E-state index is 0.583. The van der Waals surface area contributed by atoms with Gasteiger partial charge in [-0.25, -0.2) is 0 Å². The first-order valence-corrected chi connectivity index (χ1v) is 9.07. The highest BCUT2D eigenvalue weighted by Gasteiger charge is 2.43. The van der Waals surface area contributed by atoms with Crippen LogP contribution in [0.5, 0.6) is 0 Å². The maximum atomic E-state index is 11.4. The van der Waals surface area contributed by atoms with Crippen LogP contribution in [0, 0.1) is 0 Å². The van der Waals surface area contributed by atoms with Crippen LogP contribution in [0.4, 0.5) is 0 Å². The summed E-state index contributed by atoms with van der Waals surface area (Å²) < 4.78 is 5.85. The van der Waals surface area contributed by atoms with Gasteiger partial charge < -0.3 is 4.43 Å². The lowest BCUT2D eigenvalue weighted by atomic mass is 10.3. The van der Waals surface area contributed by atoms with E-state index >= 15 is 0 Å². The Hall–Kier alpha value is -2.65. The van der Waals surface area contributed by atoms with E-state index in [4.69, 9.17) is 4.43 Å². The number of rotatable bonds is 5. The molecule has 0 saturated carbocycles. The Labute approximate surface area is 131 Å². The van der Waals surface area contributed by atoms with Crippen LogP contribution in [0.3, 0.4) is 0 Å². The largest absolute Gasteiger partial charge is 0.508 e. The minimum Gasteiger partial charge on any atom is -0.508 e. The molecule has 3 rings (SSSR count). The highest BCUT2D eigenvalue weighted by molar-refractivity contribution is 7.07. The van der Waals surface area contributed by atoms with Gasteiger partial charge in [0.25, 0.3) is 6.47 Å². The Kier molecular flexibility index (Phi) is 4.16. The molecule has 0 atom stereocenters. The summed E-state index contributed by atoms with van der Waals surface area (Å²) in [5, 5.41) is 3.17. The second-order valence-electron chi connectivity index (χ2n) is 4.99. The van der Waals surface area contributed by atoms with Gasteiger partial charge in [0.1, 0.15) is 0 Å². The molecule has 0 amide bonds. The Morgan fingerprint density at radius 2 is 0.909 bits per heavy atom. The Balaban J connectivity index is 2.31. The third kappa shape index (κ3) is 2.47. The molecule has 3 aromatic rings. The lowest BCUT2D eigenvalue weighted by Crippen LogP contribution is -2.69. The molecule has 22 heavy (non-hydrogen) atoms. The van der Waals surface area contributed by atoms with Gasteiger partial charge in [-0.05, 0) is 15.6 Å². The van der Waals surface area contributed by atoms with Crippen LogP contribution in [-0.4, -0.2) is 14.8 Å². The van der Waals surface area contributed by atoms with Gasteiger partial charge in [0.05, 0.1) is 0 Å². The molecular weight excluding hydrogens is 288 g/mol. The van der Waals surface area contributed by atoms with Crippen LogP contribution in [0.1, 0.15) is 0 Å². The molecule has 0 aliphatic heterocycles. The summed E-state index contributed by atoms with van der Waals surface area (Å²) in [6, 6.07) is 30.0. The van der Waals surface area contributed by atoms with Crippen molar-refractivity contribution in [2.75, 3.05) is 0 Å². The summed E-state index contributed by atoms with van der Waals surface area (Å²) >= 11 is 0. The molecule has 0 radical (unpaired) electrons. The molecule has 0 aromatic heterocycles. The molecule has 0 saturated heterocycles. The monoisotopic (exact) mass is 304 g/mol. The summed E-state index contributed by atoms with van der Waals surface area (Å²) in [4.78, 5) is 11.4. The molecule has 3 aromatic carbocycles. The molecule has 0 N–H and O–H groups in total. The summed E-state index contributed by atoms with van der Waals surface area (Å²) in [6.07, 6.45) is 0. The maximum Gasteiger partial charge on any atom is 0.350 e. The smallest absolute Gasteiger partial charge is 0.350 e. The SMILES string of the molecule is O=CO[Si](c1ccccc1)(c1ccccc1)c1ccccc1. The van der Waals surface area contributed by atoms with Crippen molar-refractivity contribution < 1.29 is 9.22 Å². The van der Waals surface area contributed by atoms with E-state index in [1.165, 1.54) is 0 Å². The van der Waals surface area contributed by atoms with Gasteiger partial charge >= 0.3 is 8.32 Å². The first kappa shape index (κ1) is 14.3. The zero-order valence-corrected chi connectivity index (χ0v) is 13.1. The van der Waals surface area contributed by atoms with Crippen molar-refractivity contribution in [3.8, 4) is 0 Å². The van der Waals surface area contributed by atoms with Crippen molar-refractivity contribution in [2.45, 2.75) is 0 Å². The van der Waals surface area contributed by atoms with E-state index in [0.717, 1.165) is 15.6 Å².